The van der Waals surface area contributed by atoms with Crippen LogP contribution in [0.25, 0.3) is 10.8 Å². The Labute approximate surface area is 106 Å². The van der Waals surface area contributed by atoms with Gasteiger partial charge in [0.2, 0.25) is 0 Å². The van der Waals surface area contributed by atoms with Crippen LogP contribution in [0.1, 0.15) is 12.0 Å². The van der Waals surface area contributed by atoms with Crippen molar-refractivity contribution in [3.05, 3.63) is 42.2 Å². The summed E-state index contributed by atoms with van der Waals surface area (Å²) in [4.78, 5) is 4.31. The van der Waals surface area contributed by atoms with Crippen molar-refractivity contribution in [1.82, 2.24) is 10.3 Å². The molecule has 1 unspecified atom stereocenters. The molecule has 0 bridgehead atoms. The van der Waals surface area contributed by atoms with E-state index in [-0.39, 0.29) is 0 Å². The van der Waals surface area contributed by atoms with Crippen LogP contribution in [0.5, 0.6) is 0 Å². The van der Waals surface area contributed by atoms with Crippen molar-refractivity contribution < 1.29 is 0 Å². The maximum Gasteiger partial charge on any atom is 0.0346 e. The molecule has 1 saturated heterocycles. The van der Waals surface area contributed by atoms with Crippen LogP contribution in [0.3, 0.4) is 0 Å². The molecule has 0 saturated carbocycles. The molecule has 1 atom stereocenters. The van der Waals surface area contributed by atoms with Crippen molar-refractivity contribution in [3.8, 4) is 0 Å². The number of fused-ring (bicyclic) bond motifs is 1. The van der Waals surface area contributed by atoms with Crippen LogP contribution in [-0.4, -0.2) is 22.5 Å². The van der Waals surface area contributed by atoms with Gasteiger partial charge in [0.05, 0.1) is 0 Å². The van der Waals surface area contributed by atoms with E-state index < -0.39 is 0 Å². The molecule has 2 nitrogen and oxygen atoms in total. The lowest BCUT2D eigenvalue weighted by atomic mass is 10.1. The molecule has 0 radical (unpaired) electrons. The highest BCUT2D eigenvalue weighted by atomic mass is 32.2. The van der Waals surface area contributed by atoms with Gasteiger partial charge in [0.1, 0.15) is 0 Å². The van der Waals surface area contributed by atoms with Crippen LogP contribution in [-0.2, 0) is 6.54 Å². The van der Waals surface area contributed by atoms with Gasteiger partial charge >= 0.3 is 0 Å². The number of nitrogens with zero attached hydrogens (tertiary/aromatic N) is 1. The zero-order valence-corrected chi connectivity index (χ0v) is 10.5. The number of pyridine rings is 1. The molecule has 1 N–H and O–H groups in total. The molecule has 3 heteroatoms. The average Bonchev–Trinajstić information content (AvgIpc) is 2.89. The normalized spacial score (nSPS) is 19.9. The standard InChI is InChI=1S/C14H16N2S/c1-2-4-14-11(3-1)7-15-8-12(14)9-16-13-5-6-17-10-13/h1-4,7-8,13,16H,5-6,9-10H2. The first-order valence-corrected chi connectivity index (χ1v) is 7.22. The van der Waals surface area contributed by atoms with Crippen molar-refractivity contribution in [2.45, 2.75) is 19.0 Å². The van der Waals surface area contributed by atoms with Gasteiger partial charge in [-0.3, -0.25) is 4.98 Å². The Kier molecular flexibility index (Phi) is 3.29. The molecule has 88 valence electrons. The van der Waals surface area contributed by atoms with E-state index in [1.807, 2.05) is 24.2 Å². The Hall–Kier alpha value is -1.06. The number of rotatable bonds is 3. The summed E-state index contributed by atoms with van der Waals surface area (Å²) < 4.78 is 0. The van der Waals surface area contributed by atoms with Crippen molar-refractivity contribution >= 4 is 22.5 Å². The number of thioether (sulfide) groups is 1. The molecule has 3 rings (SSSR count). The van der Waals surface area contributed by atoms with Gasteiger partial charge in [0.25, 0.3) is 0 Å². The largest absolute Gasteiger partial charge is 0.309 e. The van der Waals surface area contributed by atoms with Crippen LogP contribution >= 0.6 is 11.8 Å². The van der Waals surface area contributed by atoms with Gasteiger partial charge in [-0.25, -0.2) is 0 Å². The summed E-state index contributed by atoms with van der Waals surface area (Å²) in [5.41, 5.74) is 1.31. The number of benzene rings is 1. The molecular weight excluding hydrogens is 228 g/mol. The minimum atomic E-state index is 0.680. The smallest absolute Gasteiger partial charge is 0.0346 e. The Morgan fingerprint density at radius 1 is 1.29 bits per heavy atom. The van der Waals surface area contributed by atoms with Gasteiger partial charge in [0.15, 0.2) is 0 Å². The molecule has 0 aliphatic carbocycles. The van der Waals surface area contributed by atoms with Crippen molar-refractivity contribution in [2.75, 3.05) is 11.5 Å². The predicted octanol–water partition coefficient (Wildman–Crippen LogP) is 2.83. The zero-order valence-electron chi connectivity index (χ0n) is 9.73. The van der Waals surface area contributed by atoms with Gasteiger partial charge < -0.3 is 5.32 Å². The van der Waals surface area contributed by atoms with Gasteiger partial charge in [-0.05, 0) is 23.1 Å². The molecule has 0 spiro atoms. The fraction of sp³-hybridized carbons (Fsp3) is 0.357. The number of aromatic nitrogens is 1. The molecule has 17 heavy (non-hydrogen) atoms. The van der Waals surface area contributed by atoms with E-state index in [2.05, 4.69) is 34.6 Å². The molecule has 2 heterocycles. The molecular formula is C14H16N2S. The summed E-state index contributed by atoms with van der Waals surface area (Å²) in [7, 11) is 0. The predicted molar refractivity (Wildman–Crippen MR) is 74.3 cm³/mol. The quantitative estimate of drug-likeness (QED) is 0.898. The third kappa shape index (κ3) is 2.45. The summed E-state index contributed by atoms with van der Waals surface area (Å²) in [6.45, 7) is 0.930. The van der Waals surface area contributed by atoms with E-state index in [9.17, 15) is 0 Å². The summed E-state index contributed by atoms with van der Waals surface area (Å²) in [6.07, 6.45) is 5.21. The van der Waals surface area contributed by atoms with E-state index in [0.29, 0.717) is 6.04 Å². The lowest BCUT2D eigenvalue weighted by Gasteiger charge is -2.12. The summed E-state index contributed by atoms with van der Waals surface area (Å²) >= 11 is 2.04. The van der Waals surface area contributed by atoms with Crippen molar-refractivity contribution in [3.63, 3.8) is 0 Å². The highest BCUT2D eigenvalue weighted by Gasteiger charge is 2.14. The molecule has 1 fully saturated rings. The first-order valence-electron chi connectivity index (χ1n) is 6.06. The fourth-order valence-electron chi connectivity index (χ4n) is 2.27. The zero-order chi connectivity index (χ0) is 11.5. The monoisotopic (exact) mass is 244 g/mol. The topological polar surface area (TPSA) is 24.9 Å². The number of hydrogen-bond donors (Lipinski definition) is 1. The van der Waals surface area contributed by atoms with Crippen molar-refractivity contribution in [1.29, 1.82) is 0 Å². The second-order valence-corrected chi connectivity index (χ2v) is 5.61. The maximum atomic E-state index is 4.31. The molecule has 1 aliphatic rings. The highest BCUT2D eigenvalue weighted by molar-refractivity contribution is 7.99. The Morgan fingerprint density at radius 3 is 3.12 bits per heavy atom. The molecule has 1 aromatic carbocycles. The minimum Gasteiger partial charge on any atom is -0.309 e. The summed E-state index contributed by atoms with van der Waals surface area (Å²) in [5, 5.41) is 6.18. The SMILES string of the molecule is c1ccc2c(CNC3CCSC3)cncc2c1. The Morgan fingerprint density at radius 2 is 2.24 bits per heavy atom. The van der Waals surface area contributed by atoms with Gasteiger partial charge in [-0.15, -0.1) is 0 Å². The first-order chi connectivity index (χ1) is 8.43. The van der Waals surface area contributed by atoms with Gasteiger partial charge in [-0.1, -0.05) is 24.3 Å². The average molecular weight is 244 g/mol. The fourth-order valence-corrected chi connectivity index (χ4v) is 3.46. The van der Waals surface area contributed by atoms with Crippen LogP contribution < -0.4 is 5.32 Å². The number of nitrogens with one attached hydrogen (secondary N) is 1. The third-order valence-corrected chi connectivity index (χ3v) is 4.42. The van der Waals surface area contributed by atoms with E-state index in [4.69, 9.17) is 0 Å². The Balaban J connectivity index is 1.79. The van der Waals surface area contributed by atoms with Crippen LogP contribution in [0.15, 0.2) is 36.7 Å². The highest BCUT2D eigenvalue weighted by Crippen LogP contribution is 2.20. The molecule has 2 aromatic rings. The van der Waals surface area contributed by atoms with Gasteiger partial charge in [0, 0.05) is 36.1 Å². The maximum absolute atomic E-state index is 4.31. The second-order valence-electron chi connectivity index (χ2n) is 4.46. The van der Waals surface area contributed by atoms with Crippen LogP contribution in [0.4, 0.5) is 0 Å². The van der Waals surface area contributed by atoms with Gasteiger partial charge in [-0.2, -0.15) is 11.8 Å². The third-order valence-electron chi connectivity index (χ3n) is 3.26. The van der Waals surface area contributed by atoms with E-state index in [1.54, 1.807) is 0 Å². The first kappa shape index (κ1) is 11.1. The van der Waals surface area contributed by atoms with E-state index in [1.165, 1.54) is 34.3 Å². The Bertz CT molecular complexity index is 501. The molecule has 1 aromatic heterocycles. The van der Waals surface area contributed by atoms with Crippen LogP contribution in [0.2, 0.25) is 0 Å². The lowest BCUT2D eigenvalue weighted by Crippen LogP contribution is -2.28. The summed E-state index contributed by atoms with van der Waals surface area (Å²) in [5.74, 6) is 2.55. The van der Waals surface area contributed by atoms with E-state index in [0.717, 1.165) is 6.54 Å². The second kappa shape index (κ2) is 5.07. The number of hydrogen-bond acceptors (Lipinski definition) is 3. The summed E-state index contributed by atoms with van der Waals surface area (Å²) in [6, 6.07) is 9.14. The molecule has 0 amide bonds. The lowest BCUT2D eigenvalue weighted by molar-refractivity contribution is 0.559. The van der Waals surface area contributed by atoms with E-state index >= 15 is 0 Å². The van der Waals surface area contributed by atoms with Crippen molar-refractivity contribution in [2.24, 2.45) is 0 Å². The van der Waals surface area contributed by atoms with Crippen LogP contribution in [0, 0.1) is 0 Å². The minimum absolute atomic E-state index is 0.680. The molecule has 1 aliphatic heterocycles.